The number of methoxy groups -OCH3 is 1. The molecule has 2 aromatic heterocycles. The topological polar surface area (TPSA) is 86.0 Å². The second-order valence-corrected chi connectivity index (χ2v) is 3.98. The first-order valence-corrected chi connectivity index (χ1v) is 6.64. The van der Waals surface area contributed by atoms with E-state index in [1.54, 1.807) is 0 Å². The molecule has 0 unspecified atom stereocenters. The number of fused-ring (bicyclic) bond motifs is 1. The Hall–Kier alpha value is -2.70. The van der Waals surface area contributed by atoms with E-state index >= 15 is 0 Å². The van der Waals surface area contributed by atoms with E-state index in [9.17, 15) is 0 Å². The summed E-state index contributed by atoms with van der Waals surface area (Å²) in [6.45, 7) is 6.03. The fourth-order valence-corrected chi connectivity index (χ4v) is 1.62. The highest BCUT2D eigenvalue weighted by atomic mass is 16.6. The van der Waals surface area contributed by atoms with Gasteiger partial charge in [-0.2, -0.15) is 9.97 Å². The molecule has 7 nitrogen and oxygen atoms in total. The number of hydrogen-bond donors (Lipinski definition) is 1. The van der Waals surface area contributed by atoms with Crippen LogP contribution in [0.15, 0.2) is 28.9 Å². The van der Waals surface area contributed by atoms with Gasteiger partial charge in [-0.3, -0.25) is 0 Å². The Morgan fingerprint density at radius 1 is 1.00 bits per heavy atom. The molecule has 0 aliphatic heterocycles. The van der Waals surface area contributed by atoms with Crippen molar-refractivity contribution in [3.63, 3.8) is 0 Å². The molecule has 0 atom stereocenters. The molecule has 3 rings (SSSR count). The minimum absolute atomic E-state index is 0.311. The summed E-state index contributed by atoms with van der Waals surface area (Å²) < 4.78 is 9.75. The van der Waals surface area contributed by atoms with Crippen LogP contribution in [0, 0.1) is 6.92 Å². The fourth-order valence-electron chi connectivity index (χ4n) is 1.62. The molecule has 7 heteroatoms. The van der Waals surface area contributed by atoms with Gasteiger partial charge in [-0.25, -0.2) is 4.63 Å². The summed E-state index contributed by atoms with van der Waals surface area (Å²) in [5.41, 5.74) is 2.70. The third-order valence-electron chi connectivity index (χ3n) is 2.59. The summed E-state index contributed by atoms with van der Waals surface area (Å²) in [6.07, 6.45) is 0. The second-order valence-electron chi connectivity index (χ2n) is 3.98. The lowest BCUT2D eigenvalue weighted by Gasteiger charge is -2.08. The van der Waals surface area contributed by atoms with Crippen LogP contribution in [-0.4, -0.2) is 27.4 Å². The van der Waals surface area contributed by atoms with Gasteiger partial charge in [0.15, 0.2) is 5.82 Å². The number of ether oxygens (including phenoxy) is 1. The molecule has 0 aliphatic rings. The maximum Gasteiger partial charge on any atom is 0.259 e. The van der Waals surface area contributed by atoms with Gasteiger partial charge in [-0.15, -0.1) is 0 Å². The number of nitrogens with one attached hydrogen (secondary N) is 1. The van der Waals surface area contributed by atoms with Crippen LogP contribution in [0.4, 0.5) is 11.5 Å². The van der Waals surface area contributed by atoms with Crippen LogP contribution < -0.4 is 10.1 Å². The van der Waals surface area contributed by atoms with Gasteiger partial charge < -0.3 is 10.1 Å². The lowest BCUT2D eigenvalue weighted by Crippen LogP contribution is -2.00. The molecule has 21 heavy (non-hydrogen) atoms. The molecule has 0 amide bonds. The van der Waals surface area contributed by atoms with Crippen LogP contribution in [0.1, 0.15) is 19.4 Å². The van der Waals surface area contributed by atoms with E-state index in [2.05, 4.69) is 30.2 Å². The molecule has 0 saturated carbocycles. The average Bonchev–Trinajstić information content (AvgIpc) is 2.98. The van der Waals surface area contributed by atoms with Crippen molar-refractivity contribution in [2.75, 3.05) is 12.4 Å². The van der Waals surface area contributed by atoms with Crippen molar-refractivity contribution in [2.24, 2.45) is 0 Å². The zero-order chi connectivity index (χ0) is 15.2. The molecule has 0 spiro atoms. The predicted octanol–water partition coefficient (Wildman–Crippen LogP) is 3.10. The summed E-state index contributed by atoms with van der Waals surface area (Å²) in [4.78, 5) is 8.41. The summed E-state index contributed by atoms with van der Waals surface area (Å²) in [5.74, 6) is 0.804. The van der Waals surface area contributed by atoms with Crippen molar-refractivity contribution in [1.29, 1.82) is 0 Å². The maximum atomic E-state index is 5.17. The van der Waals surface area contributed by atoms with Crippen molar-refractivity contribution in [1.82, 2.24) is 20.3 Å². The third kappa shape index (κ3) is 3.25. The maximum absolute atomic E-state index is 5.17. The molecule has 0 saturated heterocycles. The van der Waals surface area contributed by atoms with E-state index in [-0.39, 0.29) is 0 Å². The zero-order valence-corrected chi connectivity index (χ0v) is 12.4. The molecule has 3 aromatic rings. The van der Waals surface area contributed by atoms with Gasteiger partial charge in [-0.05, 0) is 29.4 Å². The highest BCUT2D eigenvalue weighted by Crippen LogP contribution is 2.25. The van der Waals surface area contributed by atoms with E-state index in [0.29, 0.717) is 23.0 Å². The molecular weight excluding hydrogens is 270 g/mol. The Bertz CT molecular complexity index is 709. The number of rotatable bonds is 3. The molecule has 110 valence electrons. The Morgan fingerprint density at radius 3 is 2.24 bits per heavy atom. The molecule has 1 N–H and O–H groups in total. The average molecular weight is 287 g/mol. The van der Waals surface area contributed by atoms with Crippen molar-refractivity contribution in [3.05, 3.63) is 29.8 Å². The van der Waals surface area contributed by atoms with E-state index in [4.69, 9.17) is 4.74 Å². The van der Waals surface area contributed by atoms with Gasteiger partial charge in [0.05, 0.1) is 7.11 Å². The predicted molar refractivity (Wildman–Crippen MR) is 79.8 cm³/mol. The lowest BCUT2D eigenvalue weighted by atomic mass is 10.2. The highest BCUT2D eigenvalue weighted by Gasteiger charge is 2.13. The summed E-state index contributed by atoms with van der Waals surface area (Å²) in [6, 6.07) is 7.89. The second kappa shape index (κ2) is 6.65. The van der Waals surface area contributed by atoms with Gasteiger partial charge in [-0.1, -0.05) is 31.5 Å². The van der Waals surface area contributed by atoms with E-state index < -0.39 is 0 Å². The Morgan fingerprint density at radius 2 is 1.62 bits per heavy atom. The van der Waals surface area contributed by atoms with Gasteiger partial charge in [0.25, 0.3) is 5.88 Å². The van der Waals surface area contributed by atoms with Crippen LogP contribution >= 0.6 is 0 Å². The molecule has 2 heterocycles. The Balaban J connectivity index is 0.000000774. The van der Waals surface area contributed by atoms with Crippen LogP contribution in [0.25, 0.3) is 11.3 Å². The first kappa shape index (κ1) is 14.7. The number of aromatic nitrogens is 4. The van der Waals surface area contributed by atoms with E-state index in [0.717, 1.165) is 5.69 Å². The zero-order valence-electron chi connectivity index (χ0n) is 12.4. The molecule has 1 aromatic carbocycles. The Kier molecular flexibility index (Phi) is 4.65. The quantitative estimate of drug-likeness (QED) is 0.792. The monoisotopic (exact) mass is 287 g/mol. The minimum Gasteiger partial charge on any atom is -0.478 e. The minimum atomic E-state index is 0.311. The van der Waals surface area contributed by atoms with Crippen molar-refractivity contribution in [3.8, 4) is 5.88 Å². The van der Waals surface area contributed by atoms with Crippen molar-refractivity contribution < 1.29 is 9.37 Å². The normalized spacial score (nSPS) is 9.90. The largest absolute Gasteiger partial charge is 0.478 e. The molecule has 0 radical (unpaired) electrons. The van der Waals surface area contributed by atoms with Crippen LogP contribution in [0.2, 0.25) is 0 Å². The molecular formula is C14H17N5O2. The van der Waals surface area contributed by atoms with Crippen molar-refractivity contribution >= 4 is 22.8 Å². The van der Waals surface area contributed by atoms with E-state index in [1.165, 1.54) is 12.7 Å². The molecule has 0 fully saturated rings. The van der Waals surface area contributed by atoms with Crippen LogP contribution in [0.5, 0.6) is 5.88 Å². The van der Waals surface area contributed by atoms with Gasteiger partial charge in [0.1, 0.15) is 0 Å². The lowest BCUT2D eigenvalue weighted by molar-refractivity contribution is 0.313. The summed E-state index contributed by atoms with van der Waals surface area (Å²) >= 11 is 0. The van der Waals surface area contributed by atoms with Crippen LogP contribution in [-0.2, 0) is 0 Å². The third-order valence-corrected chi connectivity index (χ3v) is 2.59. The fraction of sp³-hybridized carbons (Fsp3) is 0.286. The Labute approximate surface area is 122 Å². The number of anilines is 2. The summed E-state index contributed by atoms with van der Waals surface area (Å²) in [7, 11) is 1.52. The first-order valence-electron chi connectivity index (χ1n) is 6.64. The molecule has 0 bridgehead atoms. The SMILES string of the molecule is CC.COc1nc2nonc2nc1Nc1ccc(C)cc1. The number of aryl methyl sites for hydroxylation is 1. The van der Waals surface area contributed by atoms with Crippen molar-refractivity contribution in [2.45, 2.75) is 20.8 Å². The number of nitrogens with zero attached hydrogens (tertiary/aromatic N) is 4. The highest BCUT2D eigenvalue weighted by molar-refractivity contribution is 5.71. The van der Waals surface area contributed by atoms with Crippen LogP contribution in [0.3, 0.4) is 0 Å². The summed E-state index contributed by atoms with van der Waals surface area (Å²) in [5, 5.41) is 10.4. The standard InChI is InChI=1S/C12H11N5O2.C2H6/c1-7-3-5-8(6-4-7)13-11-12(18-2)15-10-9(14-11)16-19-17-10;1-2/h3-6H,1-2H3,(H,13,14,16);1-2H3. The van der Waals surface area contributed by atoms with Gasteiger partial charge in [0.2, 0.25) is 11.3 Å². The number of benzene rings is 1. The van der Waals surface area contributed by atoms with Gasteiger partial charge in [0, 0.05) is 5.69 Å². The van der Waals surface area contributed by atoms with E-state index in [1.807, 2.05) is 45.0 Å². The first-order chi connectivity index (χ1) is 10.3. The number of hydrogen-bond acceptors (Lipinski definition) is 7. The molecule has 0 aliphatic carbocycles. The van der Waals surface area contributed by atoms with Gasteiger partial charge >= 0.3 is 0 Å². The smallest absolute Gasteiger partial charge is 0.259 e.